The van der Waals surface area contributed by atoms with Gasteiger partial charge in [0.15, 0.2) is 0 Å². The molecule has 0 heterocycles. The molecule has 1 N–H and O–H groups in total. The lowest BCUT2D eigenvalue weighted by atomic mass is 10.3. The highest BCUT2D eigenvalue weighted by Gasteiger charge is 2.13. The minimum atomic E-state index is -0.200. The van der Waals surface area contributed by atoms with Crippen molar-refractivity contribution in [3.8, 4) is 11.5 Å². The van der Waals surface area contributed by atoms with E-state index in [0.29, 0.717) is 13.2 Å². The van der Waals surface area contributed by atoms with Gasteiger partial charge < -0.3 is 19.7 Å². The first-order valence-corrected chi connectivity index (χ1v) is 6.26. The van der Waals surface area contributed by atoms with Crippen LogP contribution in [0.5, 0.6) is 11.5 Å². The molecular formula is C14H22N2O3. The maximum absolute atomic E-state index is 11.6. The highest BCUT2D eigenvalue weighted by Crippen LogP contribution is 2.16. The monoisotopic (exact) mass is 266 g/mol. The fourth-order valence-corrected chi connectivity index (χ4v) is 1.59. The molecule has 0 aliphatic heterocycles. The Labute approximate surface area is 114 Å². The van der Waals surface area contributed by atoms with Gasteiger partial charge in [0.2, 0.25) is 5.91 Å². The number of benzene rings is 1. The third-order valence-corrected chi connectivity index (χ3v) is 2.69. The Kier molecular flexibility index (Phi) is 6.15. The summed E-state index contributed by atoms with van der Waals surface area (Å²) in [6, 6.07) is 7.21. The number of nitrogens with one attached hydrogen (secondary N) is 1. The van der Waals surface area contributed by atoms with Crippen molar-refractivity contribution >= 4 is 5.91 Å². The quantitative estimate of drug-likeness (QED) is 0.752. The van der Waals surface area contributed by atoms with E-state index >= 15 is 0 Å². The lowest BCUT2D eigenvalue weighted by Crippen LogP contribution is -2.42. The van der Waals surface area contributed by atoms with Crippen molar-refractivity contribution in [2.45, 2.75) is 13.0 Å². The first kappa shape index (κ1) is 15.3. The van der Waals surface area contributed by atoms with E-state index in [9.17, 15) is 4.79 Å². The van der Waals surface area contributed by atoms with Crippen LogP contribution in [0.4, 0.5) is 0 Å². The van der Waals surface area contributed by atoms with Gasteiger partial charge in [0, 0.05) is 20.6 Å². The molecule has 1 aromatic rings. The predicted octanol–water partition coefficient (Wildman–Crippen LogP) is 1.14. The Hall–Kier alpha value is -1.75. The summed E-state index contributed by atoms with van der Waals surface area (Å²) in [4.78, 5) is 13.2. The van der Waals surface area contributed by atoms with Crippen LogP contribution in [-0.2, 0) is 4.79 Å². The molecule has 106 valence electrons. The van der Waals surface area contributed by atoms with E-state index in [1.165, 1.54) is 0 Å². The first-order valence-electron chi connectivity index (χ1n) is 6.26. The summed E-state index contributed by atoms with van der Waals surface area (Å²) in [5.74, 6) is 1.65. The van der Waals surface area contributed by atoms with E-state index in [1.807, 2.05) is 31.2 Å². The third kappa shape index (κ3) is 5.18. The maximum atomic E-state index is 11.6. The van der Waals surface area contributed by atoms with Gasteiger partial charge in [-0.15, -0.1) is 0 Å². The second kappa shape index (κ2) is 7.63. The van der Waals surface area contributed by atoms with E-state index in [1.54, 1.807) is 26.1 Å². The molecule has 1 rings (SSSR count). The Morgan fingerprint density at radius 3 is 2.37 bits per heavy atom. The average molecular weight is 266 g/mol. The zero-order valence-electron chi connectivity index (χ0n) is 12.0. The zero-order valence-corrected chi connectivity index (χ0v) is 12.0. The van der Waals surface area contributed by atoms with Crippen LogP contribution >= 0.6 is 0 Å². The summed E-state index contributed by atoms with van der Waals surface area (Å²) in [5, 5.41) is 3.12. The minimum absolute atomic E-state index is 0.0597. The molecule has 0 saturated heterocycles. The highest BCUT2D eigenvalue weighted by atomic mass is 16.5. The van der Waals surface area contributed by atoms with Crippen molar-refractivity contribution in [1.82, 2.24) is 10.2 Å². The maximum Gasteiger partial charge on any atom is 0.238 e. The Morgan fingerprint density at radius 1 is 1.26 bits per heavy atom. The Bertz CT molecular complexity index is 390. The van der Waals surface area contributed by atoms with Crippen molar-refractivity contribution in [3.05, 3.63) is 24.3 Å². The second-order valence-electron chi connectivity index (χ2n) is 4.43. The molecule has 5 nitrogen and oxygen atoms in total. The average Bonchev–Trinajstić information content (AvgIpc) is 2.43. The Balaban J connectivity index is 2.25. The standard InChI is InChI=1S/C14H22N2O3/c1-11(14(17)16(2)3)15-9-10-19-13-7-5-12(18-4)6-8-13/h5-8,11,15H,9-10H2,1-4H3. The van der Waals surface area contributed by atoms with E-state index < -0.39 is 0 Å². The number of hydrogen-bond acceptors (Lipinski definition) is 4. The fourth-order valence-electron chi connectivity index (χ4n) is 1.59. The molecule has 0 spiro atoms. The number of ether oxygens (including phenoxy) is 2. The molecule has 1 aromatic carbocycles. The van der Waals surface area contributed by atoms with Gasteiger partial charge >= 0.3 is 0 Å². The molecule has 1 atom stereocenters. The van der Waals surface area contributed by atoms with E-state index in [4.69, 9.17) is 9.47 Å². The molecule has 19 heavy (non-hydrogen) atoms. The van der Waals surface area contributed by atoms with Crippen LogP contribution in [-0.4, -0.2) is 51.2 Å². The van der Waals surface area contributed by atoms with Crippen LogP contribution in [0.15, 0.2) is 24.3 Å². The van der Waals surface area contributed by atoms with Gasteiger partial charge in [-0.3, -0.25) is 4.79 Å². The lowest BCUT2D eigenvalue weighted by molar-refractivity contribution is -0.130. The Morgan fingerprint density at radius 2 is 1.84 bits per heavy atom. The number of rotatable bonds is 7. The molecule has 0 fully saturated rings. The molecule has 0 aliphatic rings. The number of amides is 1. The molecule has 0 saturated carbocycles. The predicted molar refractivity (Wildman–Crippen MR) is 74.6 cm³/mol. The first-order chi connectivity index (χ1) is 9.04. The van der Waals surface area contributed by atoms with Crippen LogP contribution in [0.1, 0.15) is 6.92 Å². The second-order valence-corrected chi connectivity index (χ2v) is 4.43. The molecule has 1 amide bonds. The van der Waals surface area contributed by atoms with Gasteiger partial charge in [-0.25, -0.2) is 0 Å². The van der Waals surface area contributed by atoms with Gasteiger partial charge in [0.05, 0.1) is 13.2 Å². The lowest BCUT2D eigenvalue weighted by Gasteiger charge is -2.18. The smallest absolute Gasteiger partial charge is 0.238 e. The molecular weight excluding hydrogens is 244 g/mol. The molecule has 0 radical (unpaired) electrons. The third-order valence-electron chi connectivity index (χ3n) is 2.69. The summed E-state index contributed by atoms with van der Waals surface area (Å²) in [6.07, 6.45) is 0. The topological polar surface area (TPSA) is 50.8 Å². The van der Waals surface area contributed by atoms with Crippen molar-refractivity contribution in [3.63, 3.8) is 0 Å². The zero-order chi connectivity index (χ0) is 14.3. The summed E-state index contributed by atoms with van der Waals surface area (Å²) >= 11 is 0. The highest BCUT2D eigenvalue weighted by molar-refractivity contribution is 5.80. The SMILES string of the molecule is COc1ccc(OCCNC(C)C(=O)N(C)C)cc1. The van der Waals surface area contributed by atoms with Gasteiger partial charge in [-0.2, -0.15) is 0 Å². The number of carbonyl (C=O) groups is 1. The normalized spacial score (nSPS) is 11.8. The molecule has 0 aliphatic carbocycles. The molecule has 5 heteroatoms. The van der Waals surface area contributed by atoms with Crippen molar-refractivity contribution in [1.29, 1.82) is 0 Å². The summed E-state index contributed by atoms with van der Waals surface area (Å²) in [7, 11) is 5.12. The van der Waals surface area contributed by atoms with Gasteiger partial charge in [0.25, 0.3) is 0 Å². The molecule has 0 aromatic heterocycles. The van der Waals surface area contributed by atoms with E-state index in [2.05, 4.69) is 5.32 Å². The van der Waals surface area contributed by atoms with Gasteiger partial charge in [0.1, 0.15) is 18.1 Å². The minimum Gasteiger partial charge on any atom is -0.497 e. The van der Waals surface area contributed by atoms with E-state index in [-0.39, 0.29) is 11.9 Å². The van der Waals surface area contributed by atoms with E-state index in [0.717, 1.165) is 11.5 Å². The van der Waals surface area contributed by atoms with Crippen LogP contribution in [0.2, 0.25) is 0 Å². The molecule has 0 bridgehead atoms. The summed E-state index contributed by atoms with van der Waals surface area (Å²) < 4.78 is 10.6. The van der Waals surface area contributed by atoms with Crippen molar-refractivity contribution in [2.24, 2.45) is 0 Å². The summed E-state index contributed by atoms with van der Waals surface area (Å²) in [6.45, 7) is 2.97. The van der Waals surface area contributed by atoms with Crippen molar-refractivity contribution in [2.75, 3.05) is 34.4 Å². The van der Waals surface area contributed by atoms with Gasteiger partial charge in [-0.05, 0) is 31.2 Å². The number of methoxy groups -OCH3 is 1. The van der Waals surface area contributed by atoms with Crippen LogP contribution in [0.3, 0.4) is 0 Å². The largest absolute Gasteiger partial charge is 0.497 e. The van der Waals surface area contributed by atoms with Crippen molar-refractivity contribution < 1.29 is 14.3 Å². The number of hydrogen-bond donors (Lipinski definition) is 1. The summed E-state index contributed by atoms with van der Waals surface area (Å²) in [5.41, 5.74) is 0. The number of carbonyl (C=O) groups excluding carboxylic acids is 1. The van der Waals surface area contributed by atoms with Gasteiger partial charge in [-0.1, -0.05) is 0 Å². The fraction of sp³-hybridized carbons (Fsp3) is 0.500. The van der Waals surface area contributed by atoms with Crippen LogP contribution in [0.25, 0.3) is 0 Å². The number of likely N-dealkylation sites (N-methyl/N-ethyl adjacent to an activating group) is 1. The molecule has 1 unspecified atom stereocenters. The van der Waals surface area contributed by atoms with Crippen LogP contribution in [0, 0.1) is 0 Å². The van der Waals surface area contributed by atoms with Crippen LogP contribution < -0.4 is 14.8 Å². The number of nitrogens with zero attached hydrogens (tertiary/aromatic N) is 1.